The number of phenolic OH excluding ortho intramolecular Hbond substituents is 2. The fourth-order valence-electron chi connectivity index (χ4n) is 2.28. The van der Waals surface area contributed by atoms with Crippen LogP contribution >= 0.6 is 0 Å². The molecule has 0 atom stereocenters. The van der Waals surface area contributed by atoms with Gasteiger partial charge in [0.15, 0.2) is 11.5 Å². The summed E-state index contributed by atoms with van der Waals surface area (Å²) in [4.78, 5) is 4.53. The molecule has 0 saturated heterocycles. The van der Waals surface area contributed by atoms with Gasteiger partial charge in [0.25, 0.3) is 0 Å². The Morgan fingerprint density at radius 3 is 2.55 bits per heavy atom. The lowest BCUT2D eigenvalue weighted by Gasteiger charge is -2.08. The number of aromatic hydroxyl groups is 2. The van der Waals surface area contributed by atoms with Crippen LogP contribution in [0.2, 0.25) is 0 Å². The fraction of sp³-hybridized carbons (Fsp3) is 0.133. The Kier molecular flexibility index (Phi) is 3.04. The molecule has 0 saturated carbocycles. The summed E-state index contributed by atoms with van der Waals surface area (Å²) in [6.45, 7) is 0.412. The molecule has 0 spiro atoms. The van der Waals surface area contributed by atoms with Crippen LogP contribution in [0.25, 0.3) is 22.4 Å². The number of benzene rings is 2. The number of fused-ring (bicyclic) bond motifs is 1. The molecule has 3 aromatic rings. The normalized spacial score (nSPS) is 11.1. The molecule has 1 aromatic heterocycles. The summed E-state index contributed by atoms with van der Waals surface area (Å²) in [7, 11) is 0. The second kappa shape index (κ2) is 4.86. The van der Waals surface area contributed by atoms with Crippen molar-refractivity contribution in [3.05, 3.63) is 42.5 Å². The van der Waals surface area contributed by atoms with E-state index in [0.29, 0.717) is 17.9 Å². The second-order valence-corrected chi connectivity index (χ2v) is 4.50. The topological polar surface area (TPSA) is 78.5 Å². The monoisotopic (exact) mass is 270 g/mol. The van der Waals surface area contributed by atoms with E-state index < -0.39 is 0 Å². The van der Waals surface area contributed by atoms with Gasteiger partial charge in [0.05, 0.1) is 17.6 Å². The quantitative estimate of drug-likeness (QED) is 0.637. The van der Waals surface area contributed by atoms with Crippen LogP contribution in [0.5, 0.6) is 11.5 Å². The summed E-state index contributed by atoms with van der Waals surface area (Å²) in [5.41, 5.74) is 2.43. The molecule has 0 aliphatic rings. The minimum Gasteiger partial charge on any atom is -0.504 e. The number of nitrogens with zero attached hydrogens (tertiary/aromatic N) is 2. The Labute approximate surface area is 115 Å². The molecule has 0 amide bonds. The van der Waals surface area contributed by atoms with Gasteiger partial charge in [-0.15, -0.1) is 0 Å². The number of rotatable bonds is 3. The molecule has 3 rings (SSSR count). The summed E-state index contributed by atoms with van der Waals surface area (Å²) in [5.74, 6) is 0.291. The molecule has 20 heavy (non-hydrogen) atoms. The highest BCUT2D eigenvalue weighted by Gasteiger charge is 2.13. The Morgan fingerprint density at radius 2 is 1.80 bits per heavy atom. The van der Waals surface area contributed by atoms with Crippen LogP contribution < -0.4 is 0 Å². The first kappa shape index (κ1) is 12.5. The molecular weight excluding hydrogens is 256 g/mol. The van der Waals surface area contributed by atoms with E-state index in [2.05, 4.69) is 4.98 Å². The van der Waals surface area contributed by atoms with Crippen molar-refractivity contribution in [2.24, 2.45) is 0 Å². The SMILES string of the molecule is OCCn1c(-c2ccc(O)c(O)c2)nc2ccccc21. The number of hydrogen-bond acceptors (Lipinski definition) is 4. The molecule has 5 heteroatoms. The lowest BCUT2D eigenvalue weighted by atomic mass is 10.2. The van der Waals surface area contributed by atoms with Crippen molar-refractivity contribution in [2.75, 3.05) is 6.61 Å². The van der Waals surface area contributed by atoms with Gasteiger partial charge in [0.2, 0.25) is 0 Å². The zero-order chi connectivity index (χ0) is 14.1. The van der Waals surface area contributed by atoms with Crippen LogP contribution in [0.1, 0.15) is 0 Å². The lowest BCUT2D eigenvalue weighted by molar-refractivity contribution is 0.278. The number of aliphatic hydroxyl groups is 1. The minimum atomic E-state index is -0.190. The maximum atomic E-state index is 9.62. The van der Waals surface area contributed by atoms with E-state index in [4.69, 9.17) is 0 Å². The van der Waals surface area contributed by atoms with Gasteiger partial charge in [-0.05, 0) is 30.3 Å². The summed E-state index contributed by atoms with van der Waals surface area (Å²) in [6.07, 6.45) is 0. The molecule has 0 radical (unpaired) electrons. The number of imidazole rings is 1. The van der Waals surface area contributed by atoms with Crippen LogP contribution in [0.15, 0.2) is 42.5 Å². The van der Waals surface area contributed by atoms with E-state index in [1.54, 1.807) is 6.07 Å². The number of hydrogen-bond donors (Lipinski definition) is 3. The fourth-order valence-corrected chi connectivity index (χ4v) is 2.28. The first-order valence-electron chi connectivity index (χ1n) is 6.29. The van der Waals surface area contributed by atoms with Crippen LogP contribution in [-0.4, -0.2) is 31.5 Å². The Hall–Kier alpha value is -2.53. The Bertz CT molecular complexity index is 765. The number of phenols is 2. The van der Waals surface area contributed by atoms with Crippen molar-refractivity contribution in [1.29, 1.82) is 0 Å². The zero-order valence-electron chi connectivity index (χ0n) is 10.7. The molecule has 102 valence electrons. The summed E-state index contributed by atoms with van der Waals surface area (Å²) >= 11 is 0. The lowest BCUT2D eigenvalue weighted by Crippen LogP contribution is -2.04. The molecule has 1 heterocycles. The van der Waals surface area contributed by atoms with Crippen LogP contribution in [0.3, 0.4) is 0 Å². The molecule has 0 unspecified atom stereocenters. The van der Waals surface area contributed by atoms with Gasteiger partial charge in [0.1, 0.15) is 5.82 Å². The predicted octanol–water partition coefficient (Wildman–Crippen LogP) is 2.11. The van der Waals surface area contributed by atoms with Crippen LogP contribution in [0, 0.1) is 0 Å². The maximum Gasteiger partial charge on any atom is 0.158 e. The van der Waals surface area contributed by atoms with Crippen LogP contribution in [0.4, 0.5) is 0 Å². The molecule has 2 aromatic carbocycles. The Morgan fingerprint density at radius 1 is 1.00 bits per heavy atom. The van der Waals surface area contributed by atoms with Gasteiger partial charge in [-0.25, -0.2) is 4.98 Å². The first-order chi connectivity index (χ1) is 9.70. The molecule has 5 nitrogen and oxygen atoms in total. The maximum absolute atomic E-state index is 9.62. The van der Waals surface area contributed by atoms with Crippen molar-refractivity contribution in [3.8, 4) is 22.9 Å². The van der Waals surface area contributed by atoms with Gasteiger partial charge in [-0.1, -0.05) is 12.1 Å². The third kappa shape index (κ3) is 1.98. The number of para-hydroxylation sites is 2. The highest BCUT2D eigenvalue weighted by molar-refractivity contribution is 5.81. The van der Waals surface area contributed by atoms with Gasteiger partial charge < -0.3 is 19.9 Å². The Balaban J connectivity index is 2.23. The van der Waals surface area contributed by atoms with E-state index in [1.165, 1.54) is 12.1 Å². The first-order valence-corrected chi connectivity index (χ1v) is 6.29. The van der Waals surface area contributed by atoms with Gasteiger partial charge >= 0.3 is 0 Å². The molecule has 0 aliphatic heterocycles. The third-order valence-corrected chi connectivity index (χ3v) is 3.21. The van der Waals surface area contributed by atoms with Crippen molar-refractivity contribution < 1.29 is 15.3 Å². The predicted molar refractivity (Wildman–Crippen MR) is 75.6 cm³/mol. The molecule has 0 bridgehead atoms. The third-order valence-electron chi connectivity index (χ3n) is 3.21. The number of aromatic nitrogens is 2. The highest BCUT2D eigenvalue weighted by atomic mass is 16.3. The molecular formula is C15H14N2O3. The van der Waals surface area contributed by atoms with Crippen molar-refractivity contribution in [2.45, 2.75) is 6.54 Å². The van der Waals surface area contributed by atoms with Gasteiger partial charge in [-0.2, -0.15) is 0 Å². The highest BCUT2D eigenvalue weighted by Crippen LogP contribution is 2.31. The summed E-state index contributed by atoms with van der Waals surface area (Å²) < 4.78 is 1.89. The average molecular weight is 270 g/mol. The molecule has 0 aliphatic carbocycles. The van der Waals surface area contributed by atoms with Crippen molar-refractivity contribution in [3.63, 3.8) is 0 Å². The summed E-state index contributed by atoms with van der Waals surface area (Å²) in [5, 5.41) is 28.2. The van der Waals surface area contributed by atoms with E-state index in [0.717, 1.165) is 11.0 Å². The smallest absolute Gasteiger partial charge is 0.158 e. The second-order valence-electron chi connectivity index (χ2n) is 4.50. The number of aliphatic hydroxyl groups excluding tert-OH is 1. The summed E-state index contributed by atoms with van der Waals surface area (Å²) in [6, 6.07) is 12.2. The largest absolute Gasteiger partial charge is 0.504 e. The zero-order valence-corrected chi connectivity index (χ0v) is 10.7. The van der Waals surface area contributed by atoms with E-state index >= 15 is 0 Å². The van der Waals surface area contributed by atoms with E-state index in [1.807, 2.05) is 28.8 Å². The van der Waals surface area contributed by atoms with E-state index in [-0.39, 0.29) is 18.1 Å². The van der Waals surface area contributed by atoms with Gasteiger partial charge in [-0.3, -0.25) is 0 Å². The van der Waals surface area contributed by atoms with Crippen molar-refractivity contribution >= 4 is 11.0 Å². The minimum absolute atomic E-state index is 0.00256. The molecule has 3 N–H and O–H groups in total. The van der Waals surface area contributed by atoms with Gasteiger partial charge in [0, 0.05) is 12.1 Å². The van der Waals surface area contributed by atoms with E-state index in [9.17, 15) is 15.3 Å². The van der Waals surface area contributed by atoms with Crippen LogP contribution in [-0.2, 0) is 6.54 Å². The standard InChI is InChI=1S/C15H14N2O3/c18-8-7-17-12-4-2-1-3-11(12)16-15(17)10-5-6-13(19)14(20)9-10/h1-6,9,18-20H,7-8H2. The molecule has 0 fully saturated rings. The van der Waals surface area contributed by atoms with Crippen molar-refractivity contribution in [1.82, 2.24) is 9.55 Å². The average Bonchev–Trinajstić information content (AvgIpc) is 2.82.